The maximum Gasteiger partial charge on any atom is 0.329 e. The Balaban J connectivity index is 1.56. The number of amides is 3. The highest BCUT2D eigenvalue weighted by molar-refractivity contribution is 6.39. The maximum absolute atomic E-state index is 12.3. The summed E-state index contributed by atoms with van der Waals surface area (Å²) in [5, 5.41) is 9.07. The van der Waals surface area contributed by atoms with Gasteiger partial charge in [-0.05, 0) is 67.4 Å². The number of methoxy groups -OCH3 is 1. The Bertz CT molecular complexity index is 1290. The summed E-state index contributed by atoms with van der Waals surface area (Å²) < 4.78 is 16.4. The van der Waals surface area contributed by atoms with Crippen LogP contribution in [-0.2, 0) is 14.4 Å². The summed E-state index contributed by atoms with van der Waals surface area (Å²) in [6, 6.07) is 19.1. The molecule has 0 atom stereocenters. The lowest BCUT2D eigenvalue weighted by atomic mass is 10.2. The number of nitrogens with one attached hydrogen (secondary N) is 3. The summed E-state index contributed by atoms with van der Waals surface area (Å²) in [5.41, 5.74) is 4.82. The Labute approximate surface area is 214 Å². The summed E-state index contributed by atoms with van der Waals surface area (Å²) in [6.07, 6.45) is 1.35. The van der Waals surface area contributed by atoms with E-state index < -0.39 is 11.8 Å². The molecule has 0 fully saturated rings. The number of nitrogens with zero attached hydrogens (tertiary/aromatic N) is 1. The fourth-order valence-electron chi connectivity index (χ4n) is 3.20. The minimum Gasteiger partial charge on any atom is -0.495 e. The van der Waals surface area contributed by atoms with Gasteiger partial charge in [-0.2, -0.15) is 5.10 Å². The van der Waals surface area contributed by atoms with Gasteiger partial charge >= 0.3 is 11.8 Å². The molecule has 0 saturated heterocycles. The van der Waals surface area contributed by atoms with Crippen molar-refractivity contribution in [3.05, 3.63) is 77.9 Å². The first-order valence-corrected chi connectivity index (χ1v) is 11.4. The van der Waals surface area contributed by atoms with Gasteiger partial charge in [-0.15, -0.1) is 0 Å². The van der Waals surface area contributed by atoms with Crippen molar-refractivity contribution < 1.29 is 28.6 Å². The lowest BCUT2D eigenvalue weighted by Crippen LogP contribution is -2.32. The number of para-hydroxylation sites is 2. The molecule has 3 aromatic carbocycles. The number of carbonyl (C=O) groups excluding carboxylic acids is 3. The van der Waals surface area contributed by atoms with Crippen molar-refractivity contribution in [2.75, 3.05) is 31.0 Å². The van der Waals surface area contributed by atoms with E-state index in [0.29, 0.717) is 40.8 Å². The third-order valence-electron chi connectivity index (χ3n) is 4.87. The fraction of sp³-hybridized carbons (Fsp3) is 0.185. The molecule has 3 N–H and O–H groups in total. The van der Waals surface area contributed by atoms with Crippen LogP contribution in [0.3, 0.4) is 0 Å². The Hall–Kier alpha value is -4.86. The molecule has 3 aromatic rings. The van der Waals surface area contributed by atoms with Crippen molar-refractivity contribution in [2.45, 2.75) is 13.8 Å². The second-order valence-corrected chi connectivity index (χ2v) is 7.70. The van der Waals surface area contributed by atoms with Crippen LogP contribution in [0.4, 0.5) is 11.4 Å². The molecule has 0 spiro atoms. The van der Waals surface area contributed by atoms with Crippen LogP contribution in [0, 0.1) is 6.92 Å². The summed E-state index contributed by atoms with van der Waals surface area (Å²) in [4.78, 5) is 36.5. The quantitative estimate of drug-likeness (QED) is 0.220. The molecule has 0 aromatic heterocycles. The Morgan fingerprint density at radius 1 is 0.865 bits per heavy atom. The predicted octanol–water partition coefficient (Wildman–Crippen LogP) is 3.51. The lowest BCUT2D eigenvalue weighted by Gasteiger charge is -2.13. The van der Waals surface area contributed by atoms with Gasteiger partial charge < -0.3 is 24.8 Å². The third-order valence-corrected chi connectivity index (χ3v) is 4.87. The average Bonchev–Trinajstić information content (AvgIpc) is 2.88. The number of hydrogen-bond acceptors (Lipinski definition) is 7. The van der Waals surface area contributed by atoms with Crippen LogP contribution in [0.25, 0.3) is 0 Å². The first-order chi connectivity index (χ1) is 17.9. The van der Waals surface area contributed by atoms with Crippen LogP contribution in [0.5, 0.6) is 17.2 Å². The molecular formula is C27H28N4O6. The van der Waals surface area contributed by atoms with Gasteiger partial charge in [0.05, 0.1) is 25.6 Å². The second kappa shape index (κ2) is 13.3. The number of hydrogen-bond donors (Lipinski definition) is 3. The maximum atomic E-state index is 12.3. The van der Waals surface area contributed by atoms with Gasteiger partial charge in [-0.25, -0.2) is 5.43 Å². The summed E-state index contributed by atoms with van der Waals surface area (Å²) in [7, 11) is 1.46. The number of ether oxygens (including phenoxy) is 3. The van der Waals surface area contributed by atoms with E-state index in [2.05, 4.69) is 21.2 Å². The highest BCUT2D eigenvalue weighted by Gasteiger charge is 2.15. The van der Waals surface area contributed by atoms with Crippen LogP contribution >= 0.6 is 0 Å². The van der Waals surface area contributed by atoms with Crippen molar-refractivity contribution in [1.29, 1.82) is 0 Å². The van der Waals surface area contributed by atoms with Gasteiger partial charge in [0.2, 0.25) is 0 Å². The zero-order valence-electron chi connectivity index (χ0n) is 20.7. The average molecular weight is 505 g/mol. The number of carbonyl (C=O) groups is 3. The molecule has 0 aliphatic carbocycles. The van der Waals surface area contributed by atoms with E-state index in [-0.39, 0.29) is 12.5 Å². The normalized spacial score (nSPS) is 10.5. The standard InChI is InChI=1S/C27H28N4O6/c1-4-36-24-15-19(12-13-23(24)37-17-25(32)29-20-9-7-8-18(2)14-20)16-28-31-27(34)26(33)30-21-10-5-6-11-22(21)35-3/h5-16H,4,17H2,1-3H3,(H,29,32)(H,30,33)(H,31,34)/b28-16-. The van der Waals surface area contributed by atoms with Crippen LogP contribution in [-0.4, -0.2) is 44.3 Å². The molecule has 0 aliphatic heterocycles. The zero-order chi connectivity index (χ0) is 26.6. The SMILES string of the molecule is CCOc1cc(/C=N\NC(=O)C(=O)Nc2ccccc2OC)ccc1OCC(=O)Nc1cccc(C)c1. The number of benzene rings is 3. The van der Waals surface area contributed by atoms with Gasteiger partial charge in [0.15, 0.2) is 18.1 Å². The Kier molecular flexibility index (Phi) is 9.60. The van der Waals surface area contributed by atoms with E-state index in [9.17, 15) is 14.4 Å². The number of anilines is 2. The molecule has 0 aliphatic rings. The Morgan fingerprint density at radius 3 is 2.43 bits per heavy atom. The van der Waals surface area contributed by atoms with E-state index >= 15 is 0 Å². The smallest absolute Gasteiger partial charge is 0.329 e. The van der Waals surface area contributed by atoms with E-state index in [1.807, 2.05) is 32.0 Å². The van der Waals surface area contributed by atoms with E-state index in [1.165, 1.54) is 13.3 Å². The number of rotatable bonds is 10. The van der Waals surface area contributed by atoms with E-state index in [0.717, 1.165) is 5.56 Å². The zero-order valence-corrected chi connectivity index (χ0v) is 20.7. The molecule has 37 heavy (non-hydrogen) atoms. The van der Waals surface area contributed by atoms with Gasteiger partial charge in [-0.3, -0.25) is 14.4 Å². The fourth-order valence-corrected chi connectivity index (χ4v) is 3.20. The van der Waals surface area contributed by atoms with Crippen molar-refractivity contribution in [1.82, 2.24) is 5.43 Å². The van der Waals surface area contributed by atoms with Crippen LogP contribution in [0.1, 0.15) is 18.1 Å². The topological polar surface area (TPSA) is 127 Å². The summed E-state index contributed by atoms with van der Waals surface area (Å²) in [6.45, 7) is 3.91. The lowest BCUT2D eigenvalue weighted by molar-refractivity contribution is -0.136. The van der Waals surface area contributed by atoms with Crippen LogP contribution < -0.4 is 30.3 Å². The highest BCUT2D eigenvalue weighted by Crippen LogP contribution is 2.28. The van der Waals surface area contributed by atoms with Crippen molar-refractivity contribution in [2.24, 2.45) is 5.10 Å². The molecule has 192 valence electrons. The molecule has 0 bridgehead atoms. The van der Waals surface area contributed by atoms with E-state index in [1.54, 1.807) is 48.5 Å². The molecule has 3 rings (SSSR count). The van der Waals surface area contributed by atoms with Crippen LogP contribution in [0.15, 0.2) is 71.8 Å². The highest BCUT2D eigenvalue weighted by atomic mass is 16.5. The largest absolute Gasteiger partial charge is 0.495 e. The third kappa shape index (κ3) is 8.10. The molecular weight excluding hydrogens is 476 g/mol. The Morgan fingerprint density at radius 2 is 1.68 bits per heavy atom. The van der Waals surface area contributed by atoms with Crippen LogP contribution in [0.2, 0.25) is 0 Å². The molecule has 3 amide bonds. The molecule has 0 radical (unpaired) electrons. The van der Waals surface area contributed by atoms with Crippen molar-refractivity contribution in [3.63, 3.8) is 0 Å². The van der Waals surface area contributed by atoms with Crippen molar-refractivity contribution >= 4 is 35.3 Å². The second-order valence-electron chi connectivity index (χ2n) is 7.70. The first kappa shape index (κ1) is 26.7. The molecule has 10 nitrogen and oxygen atoms in total. The number of hydrazone groups is 1. The minimum absolute atomic E-state index is 0.210. The molecule has 0 saturated carbocycles. The van der Waals surface area contributed by atoms with Gasteiger partial charge in [0.1, 0.15) is 5.75 Å². The number of aryl methyl sites for hydroxylation is 1. The molecule has 0 unspecified atom stereocenters. The minimum atomic E-state index is -0.952. The van der Waals surface area contributed by atoms with Gasteiger partial charge in [0.25, 0.3) is 5.91 Å². The van der Waals surface area contributed by atoms with Gasteiger partial charge in [0, 0.05) is 5.69 Å². The monoisotopic (exact) mass is 504 g/mol. The summed E-state index contributed by atoms with van der Waals surface area (Å²) in [5.74, 6) is -0.969. The molecule has 0 heterocycles. The molecule has 10 heteroatoms. The summed E-state index contributed by atoms with van der Waals surface area (Å²) >= 11 is 0. The first-order valence-electron chi connectivity index (χ1n) is 11.4. The van der Waals surface area contributed by atoms with Crippen molar-refractivity contribution in [3.8, 4) is 17.2 Å². The predicted molar refractivity (Wildman–Crippen MR) is 140 cm³/mol. The van der Waals surface area contributed by atoms with Gasteiger partial charge in [-0.1, -0.05) is 24.3 Å². The van der Waals surface area contributed by atoms with E-state index in [4.69, 9.17) is 14.2 Å².